The number of carbonyl (C=O) groups excluding carboxylic acids is 1. The fraction of sp³-hybridized carbons (Fsp3) is 0.706. The maximum atomic E-state index is 12.3. The molecule has 3 heterocycles. The summed E-state index contributed by atoms with van der Waals surface area (Å²) in [5, 5.41) is 3.55. The molecule has 2 fully saturated rings. The second kappa shape index (κ2) is 5.30. The number of nitrogens with one attached hydrogen (secondary N) is 1. The average molecular weight is 305 g/mol. The number of carbonyl (C=O) groups is 1. The van der Waals surface area contributed by atoms with Gasteiger partial charge >= 0.3 is 6.09 Å². The van der Waals surface area contributed by atoms with E-state index < -0.39 is 5.60 Å². The summed E-state index contributed by atoms with van der Waals surface area (Å²) >= 11 is 0. The average Bonchev–Trinajstić information content (AvgIpc) is 3.03. The second-order valence-electron chi connectivity index (χ2n) is 7.60. The van der Waals surface area contributed by atoms with Crippen molar-refractivity contribution in [2.45, 2.75) is 52.3 Å². The maximum absolute atomic E-state index is 12.3. The van der Waals surface area contributed by atoms with Crippen molar-refractivity contribution >= 4 is 6.09 Å². The highest BCUT2D eigenvalue weighted by molar-refractivity contribution is 5.68. The number of ether oxygens (including phenoxy) is 1. The van der Waals surface area contributed by atoms with Gasteiger partial charge in [0.25, 0.3) is 0 Å². The zero-order chi connectivity index (χ0) is 16.0. The van der Waals surface area contributed by atoms with Gasteiger partial charge in [-0.05, 0) is 45.7 Å². The standard InChI is InChI=1S/C17H27N3O2/c1-5-19-8-6-13(10-19)14-17(11-18-14)7-9-20(12-17)15(21)22-16(2,3)4/h6,8,10,14,18H,5,7,9,11-12H2,1-4H3/t14-,17-/m1/s1. The number of hydrogen-bond acceptors (Lipinski definition) is 3. The highest BCUT2D eigenvalue weighted by Gasteiger charge is 2.52. The molecule has 2 atom stereocenters. The van der Waals surface area contributed by atoms with Gasteiger partial charge in [0.2, 0.25) is 0 Å². The smallest absolute Gasteiger partial charge is 0.410 e. The number of likely N-dealkylation sites (tertiary alicyclic amines) is 1. The fourth-order valence-corrected chi connectivity index (χ4v) is 3.55. The van der Waals surface area contributed by atoms with Gasteiger partial charge in [-0.15, -0.1) is 0 Å². The van der Waals surface area contributed by atoms with Crippen LogP contribution in [0, 0.1) is 5.41 Å². The molecule has 0 aromatic carbocycles. The quantitative estimate of drug-likeness (QED) is 0.914. The predicted molar refractivity (Wildman–Crippen MR) is 85.7 cm³/mol. The summed E-state index contributed by atoms with van der Waals surface area (Å²) in [4.78, 5) is 14.1. The number of rotatable bonds is 2. The summed E-state index contributed by atoms with van der Waals surface area (Å²) in [5.41, 5.74) is 1.08. The van der Waals surface area contributed by atoms with E-state index in [1.165, 1.54) is 5.56 Å². The highest BCUT2D eigenvalue weighted by Crippen LogP contribution is 2.48. The van der Waals surface area contributed by atoms with Crippen LogP contribution in [0.3, 0.4) is 0 Å². The molecule has 1 aromatic heterocycles. The minimum Gasteiger partial charge on any atom is -0.444 e. The van der Waals surface area contributed by atoms with Crippen LogP contribution in [0.4, 0.5) is 4.79 Å². The van der Waals surface area contributed by atoms with Crippen LogP contribution in [0.25, 0.3) is 0 Å². The summed E-state index contributed by atoms with van der Waals surface area (Å²) in [7, 11) is 0. The van der Waals surface area contributed by atoms with Gasteiger partial charge in [-0.1, -0.05) is 0 Å². The molecule has 2 aliphatic rings. The maximum Gasteiger partial charge on any atom is 0.410 e. The largest absolute Gasteiger partial charge is 0.444 e. The van der Waals surface area contributed by atoms with Gasteiger partial charge in [0.1, 0.15) is 5.60 Å². The van der Waals surface area contributed by atoms with Gasteiger partial charge in [-0.25, -0.2) is 4.79 Å². The van der Waals surface area contributed by atoms with Crippen molar-refractivity contribution < 1.29 is 9.53 Å². The molecule has 1 spiro atoms. The molecule has 3 rings (SSSR count). The van der Waals surface area contributed by atoms with Crippen molar-refractivity contribution in [3.63, 3.8) is 0 Å². The summed E-state index contributed by atoms with van der Waals surface area (Å²) in [6.45, 7) is 11.4. The van der Waals surface area contributed by atoms with E-state index in [0.717, 1.165) is 32.6 Å². The lowest BCUT2D eigenvalue weighted by molar-refractivity contribution is 0.0216. The lowest BCUT2D eigenvalue weighted by Crippen LogP contribution is -2.57. The summed E-state index contributed by atoms with van der Waals surface area (Å²) in [6, 6.07) is 2.55. The number of amides is 1. The van der Waals surface area contributed by atoms with Crippen molar-refractivity contribution in [3.05, 3.63) is 24.0 Å². The Bertz CT molecular complexity index is 560. The van der Waals surface area contributed by atoms with Crippen molar-refractivity contribution in [2.75, 3.05) is 19.6 Å². The van der Waals surface area contributed by atoms with Crippen LogP contribution in [0.1, 0.15) is 45.7 Å². The molecule has 0 saturated carbocycles. The van der Waals surface area contributed by atoms with Crippen LogP contribution < -0.4 is 5.32 Å². The van der Waals surface area contributed by atoms with Crippen LogP contribution in [0.15, 0.2) is 18.5 Å². The van der Waals surface area contributed by atoms with E-state index in [4.69, 9.17) is 4.74 Å². The van der Waals surface area contributed by atoms with E-state index in [-0.39, 0.29) is 11.5 Å². The number of aromatic nitrogens is 1. The third kappa shape index (κ3) is 2.74. The Morgan fingerprint density at radius 3 is 2.82 bits per heavy atom. The van der Waals surface area contributed by atoms with Crippen LogP contribution in [-0.2, 0) is 11.3 Å². The van der Waals surface area contributed by atoms with Crippen molar-refractivity contribution in [3.8, 4) is 0 Å². The Balaban J connectivity index is 1.67. The Morgan fingerprint density at radius 2 is 2.27 bits per heavy atom. The topological polar surface area (TPSA) is 46.5 Å². The lowest BCUT2D eigenvalue weighted by atomic mass is 9.70. The molecule has 22 heavy (non-hydrogen) atoms. The Labute approximate surface area is 132 Å². The molecule has 1 amide bonds. The van der Waals surface area contributed by atoms with E-state index >= 15 is 0 Å². The molecular weight excluding hydrogens is 278 g/mol. The van der Waals surface area contributed by atoms with Crippen LogP contribution in [-0.4, -0.2) is 40.8 Å². The van der Waals surface area contributed by atoms with Crippen LogP contribution in [0.2, 0.25) is 0 Å². The first-order valence-corrected chi connectivity index (χ1v) is 8.20. The summed E-state index contributed by atoms with van der Waals surface area (Å²) in [5.74, 6) is 0. The molecule has 0 radical (unpaired) electrons. The summed E-state index contributed by atoms with van der Waals surface area (Å²) in [6.07, 6.45) is 5.21. The fourth-order valence-electron chi connectivity index (χ4n) is 3.55. The molecule has 1 aromatic rings. The first-order valence-electron chi connectivity index (χ1n) is 8.20. The van der Waals surface area contributed by atoms with E-state index in [1.807, 2.05) is 25.7 Å². The van der Waals surface area contributed by atoms with Gasteiger partial charge < -0.3 is 19.5 Å². The molecule has 5 heteroatoms. The van der Waals surface area contributed by atoms with Gasteiger partial charge in [0, 0.05) is 50.0 Å². The third-order valence-electron chi connectivity index (χ3n) is 4.78. The predicted octanol–water partition coefficient (Wildman–Crippen LogP) is 2.78. The van der Waals surface area contributed by atoms with Crippen molar-refractivity contribution in [1.82, 2.24) is 14.8 Å². The number of hydrogen-bond donors (Lipinski definition) is 1. The van der Waals surface area contributed by atoms with Crippen molar-refractivity contribution in [1.29, 1.82) is 0 Å². The number of nitrogens with zero attached hydrogens (tertiary/aromatic N) is 2. The zero-order valence-corrected chi connectivity index (χ0v) is 14.1. The Morgan fingerprint density at radius 1 is 1.50 bits per heavy atom. The molecule has 0 bridgehead atoms. The SMILES string of the molecule is CCn1ccc([C@H]2NC[C@@]23CCN(C(=O)OC(C)(C)C)C3)c1. The summed E-state index contributed by atoms with van der Waals surface area (Å²) < 4.78 is 7.71. The molecule has 2 saturated heterocycles. The Hall–Kier alpha value is -1.49. The van der Waals surface area contributed by atoms with Gasteiger partial charge in [0.05, 0.1) is 0 Å². The molecule has 122 valence electrons. The van der Waals surface area contributed by atoms with Gasteiger partial charge in [-0.3, -0.25) is 0 Å². The lowest BCUT2D eigenvalue weighted by Gasteiger charge is -2.48. The Kier molecular flexibility index (Phi) is 3.71. The molecule has 1 N–H and O–H groups in total. The second-order valence-corrected chi connectivity index (χ2v) is 7.60. The monoisotopic (exact) mass is 305 g/mol. The molecular formula is C17H27N3O2. The number of aryl methyl sites for hydroxylation is 1. The molecule has 5 nitrogen and oxygen atoms in total. The van der Waals surface area contributed by atoms with Crippen molar-refractivity contribution in [2.24, 2.45) is 5.41 Å². The van der Waals surface area contributed by atoms with E-state index in [9.17, 15) is 4.79 Å². The van der Waals surface area contributed by atoms with E-state index in [1.54, 1.807) is 0 Å². The normalized spacial score (nSPS) is 28.0. The highest BCUT2D eigenvalue weighted by atomic mass is 16.6. The van der Waals surface area contributed by atoms with Crippen LogP contribution in [0.5, 0.6) is 0 Å². The van der Waals surface area contributed by atoms with E-state index in [2.05, 4.69) is 35.3 Å². The van der Waals surface area contributed by atoms with E-state index in [0.29, 0.717) is 6.04 Å². The first-order chi connectivity index (χ1) is 10.3. The van der Waals surface area contributed by atoms with Crippen LogP contribution >= 0.6 is 0 Å². The van der Waals surface area contributed by atoms with Gasteiger partial charge in [-0.2, -0.15) is 0 Å². The minimum absolute atomic E-state index is 0.177. The minimum atomic E-state index is -0.428. The molecule has 0 aliphatic carbocycles. The first kappa shape index (κ1) is 15.4. The third-order valence-corrected chi connectivity index (χ3v) is 4.78. The zero-order valence-electron chi connectivity index (χ0n) is 14.1. The molecule has 2 aliphatic heterocycles. The molecule has 0 unspecified atom stereocenters. The van der Waals surface area contributed by atoms with Gasteiger partial charge in [0.15, 0.2) is 0 Å².